The topological polar surface area (TPSA) is 71.4 Å². The summed E-state index contributed by atoms with van der Waals surface area (Å²) in [5.74, 6) is 1.43. The molecule has 0 aromatic carbocycles. The minimum atomic E-state index is -0.404. The molecule has 1 saturated heterocycles. The predicted molar refractivity (Wildman–Crippen MR) is 80.7 cm³/mol. The Kier molecular flexibility index (Phi) is 4.28. The molecule has 0 amide bonds. The van der Waals surface area contributed by atoms with Crippen LogP contribution in [0.3, 0.4) is 0 Å². The molecule has 2 N–H and O–H groups in total. The van der Waals surface area contributed by atoms with Gasteiger partial charge in [0.1, 0.15) is 0 Å². The lowest BCUT2D eigenvalue weighted by Gasteiger charge is -2.29. The van der Waals surface area contributed by atoms with Crippen LogP contribution >= 0.6 is 0 Å². The van der Waals surface area contributed by atoms with E-state index >= 15 is 0 Å². The first-order valence-corrected chi connectivity index (χ1v) is 8.10. The van der Waals surface area contributed by atoms with Gasteiger partial charge in [-0.25, -0.2) is 0 Å². The summed E-state index contributed by atoms with van der Waals surface area (Å²) >= 11 is 0. The number of aromatic nitrogens is 2. The van der Waals surface area contributed by atoms with E-state index in [1.807, 2.05) is 0 Å². The molecule has 1 unspecified atom stereocenters. The third-order valence-corrected chi connectivity index (χ3v) is 4.98. The smallest absolute Gasteiger partial charge is 0.246 e. The molecule has 1 atom stereocenters. The molecular formula is C15H27N5O. The van der Waals surface area contributed by atoms with Gasteiger partial charge in [-0.3, -0.25) is 4.90 Å². The van der Waals surface area contributed by atoms with Crippen LogP contribution in [0.15, 0.2) is 4.52 Å². The van der Waals surface area contributed by atoms with Crippen LogP contribution in [-0.2, 0) is 5.54 Å². The summed E-state index contributed by atoms with van der Waals surface area (Å²) in [5.41, 5.74) is 6.09. The maximum atomic E-state index is 6.50. The highest BCUT2D eigenvalue weighted by Crippen LogP contribution is 2.34. The number of rotatable bonds is 2. The Labute approximate surface area is 126 Å². The number of hydrogen-bond acceptors (Lipinski definition) is 6. The molecule has 2 aliphatic rings. The minimum Gasteiger partial charge on any atom is -0.337 e. The molecule has 118 valence electrons. The zero-order valence-corrected chi connectivity index (χ0v) is 13.2. The highest BCUT2D eigenvalue weighted by molar-refractivity contribution is 5.06. The predicted octanol–water partition coefficient (Wildman–Crippen LogP) is 1.50. The second kappa shape index (κ2) is 6.02. The normalized spacial score (nSPS) is 28.4. The standard InChI is InChI=1S/C15H27N5O/c1-19-9-6-10-20(2)12(11-19)13-17-14(21-18-13)15(16)7-4-3-5-8-15/h12H,3-11,16H2,1-2H3. The van der Waals surface area contributed by atoms with Gasteiger partial charge >= 0.3 is 0 Å². The fraction of sp³-hybridized carbons (Fsp3) is 0.867. The van der Waals surface area contributed by atoms with Gasteiger partial charge in [-0.15, -0.1) is 0 Å². The zero-order valence-electron chi connectivity index (χ0n) is 13.2. The average Bonchev–Trinajstić information content (AvgIpc) is 2.89. The fourth-order valence-corrected chi connectivity index (χ4v) is 3.52. The molecule has 6 heteroatoms. The van der Waals surface area contributed by atoms with E-state index in [1.165, 1.54) is 12.8 Å². The molecule has 1 aliphatic carbocycles. The van der Waals surface area contributed by atoms with Crippen molar-refractivity contribution in [1.82, 2.24) is 19.9 Å². The molecule has 1 saturated carbocycles. The Balaban J connectivity index is 1.80. The SMILES string of the molecule is CN1CCCN(C)C(c2noc(C3(N)CCCCC3)n2)C1. The van der Waals surface area contributed by atoms with Crippen molar-refractivity contribution in [3.63, 3.8) is 0 Å². The van der Waals surface area contributed by atoms with Crippen LogP contribution in [0.2, 0.25) is 0 Å². The quantitative estimate of drug-likeness (QED) is 0.891. The van der Waals surface area contributed by atoms with Crippen LogP contribution in [0.5, 0.6) is 0 Å². The van der Waals surface area contributed by atoms with Gasteiger partial charge in [0.25, 0.3) is 0 Å². The highest BCUT2D eigenvalue weighted by Gasteiger charge is 2.36. The van der Waals surface area contributed by atoms with E-state index in [1.54, 1.807) is 0 Å². The Hall–Kier alpha value is -0.980. The van der Waals surface area contributed by atoms with Crippen LogP contribution < -0.4 is 5.73 Å². The summed E-state index contributed by atoms with van der Waals surface area (Å²) < 4.78 is 5.55. The molecular weight excluding hydrogens is 266 g/mol. The lowest BCUT2D eigenvalue weighted by atomic mass is 9.82. The molecule has 2 fully saturated rings. The molecule has 0 radical (unpaired) electrons. The highest BCUT2D eigenvalue weighted by atomic mass is 16.5. The van der Waals surface area contributed by atoms with Gasteiger partial charge in [-0.1, -0.05) is 24.4 Å². The summed E-state index contributed by atoms with van der Waals surface area (Å²) in [6.07, 6.45) is 6.65. The summed E-state index contributed by atoms with van der Waals surface area (Å²) in [6, 6.07) is 0.196. The zero-order chi connectivity index (χ0) is 14.9. The van der Waals surface area contributed by atoms with Crippen LogP contribution in [0, 0.1) is 0 Å². The van der Waals surface area contributed by atoms with Crippen molar-refractivity contribution < 1.29 is 4.52 Å². The van der Waals surface area contributed by atoms with Crippen molar-refractivity contribution in [2.75, 3.05) is 33.7 Å². The second-order valence-corrected chi connectivity index (χ2v) is 6.79. The van der Waals surface area contributed by atoms with Gasteiger partial charge in [-0.2, -0.15) is 4.98 Å². The summed E-state index contributed by atoms with van der Waals surface area (Å²) in [7, 11) is 4.29. The third-order valence-electron chi connectivity index (χ3n) is 4.98. The Bertz CT molecular complexity index is 468. The number of likely N-dealkylation sites (N-methyl/N-ethyl adjacent to an activating group) is 2. The second-order valence-electron chi connectivity index (χ2n) is 6.79. The largest absolute Gasteiger partial charge is 0.337 e. The first-order chi connectivity index (χ1) is 10.1. The van der Waals surface area contributed by atoms with Gasteiger partial charge in [0.2, 0.25) is 5.89 Å². The maximum Gasteiger partial charge on any atom is 0.246 e. The molecule has 1 aliphatic heterocycles. The summed E-state index contributed by atoms with van der Waals surface area (Å²) in [4.78, 5) is 9.34. The summed E-state index contributed by atoms with van der Waals surface area (Å²) in [6.45, 7) is 3.12. The molecule has 1 aromatic heterocycles. The first-order valence-electron chi connectivity index (χ1n) is 8.10. The first kappa shape index (κ1) is 14.9. The van der Waals surface area contributed by atoms with Crippen LogP contribution in [0.25, 0.3) is 0 Å². The van der Waals surface area contributed by atoms with Gasteiger partial charge in [0, 0.05) is 6.54 Å². The molecule has 6 nitrogen and oxygen atoms in total. The van der Waals surface area contributed by atoms with E-state index < -0.39 is 5.54 Å². The minimum absolute atomic E-state index is 0.196. The van der Waals surface area contributed by atoms with E-state index in [9.17, 15) is 0 Å². The van der Waals surface area contributed by atoms with Crippen LogP contribution in [0.1, 0.15) is 56.3 Å². The van der Waals surface area contributed by atoms with Gasteiger partial charge in [-0.05, 0) is 46.4 Å². The van der Waals surface area contributed by atoms with E-state index in [-0.39, 0.29) is 6.04 Å². The number of nitrogens with zero attached hydrogens (tertiary/aromatic N) is 4. The molecule has 0 spiro atoms. The van der Waals surface area contributed by atoms with Crippen molar-refractivity contribution in [2.45, 2.75) is 50.1 Å². The van der Waals surface area contributed by atoms with E-state index in [2.05, 4.69) is 34.0 Å². The molecule has 1 aromatic rings. The lowest BCUT2D eigenvalue weighted by Crippen LogP contribution is -2.39. The number of nitrogens with two attached hydrogens (primary N) is 1. The average molecular weight is 293 g/mol. The Morgan fingerprint density at radius 1 is 1.14 bits per heavy atom. The lowest BCUT2D eigenvalue weighted by molar-refractivity contribution is 0.207. The van der Waals surface area contributed by atoms with Gasteiger partial charge in [0.05, 0.1) is 11.6 Å². The van der Waals surface area contributed by atoms with Crippen molar-refractivity contribution >= 4 is 0 Å². The van der Waals surface area contributed by atoms with Gasteiger partial charge < -0.3 is 15.2 Å². The van der Waals surface area contributed by atoms with Crippen LogP contribution in [0.4, 0.5) is 0 Å². The Morgan fingerprint density at radius 2 is 1.90 bits per heavy atom. The van der Waals surface area contributed by atoms with E-state index in [0.29, 0.717) is 5.89 Å². The van der Waals surface area contributed by atoms with Crippen molar-refractivity contribution in [3.8, 4) is 0 Å². The van der Waals surface area contributed by atoms with Crippen molar-refractivity contribution in [3.05, 3.63) is 11.7 Å². The number of hydrogen-bond donors (Lipinski definition) is 1. The van der Waals surface area contributed by atoms with Crippen molar-refractivity contribution in [2.24, 2.45) is 5.73 Å². The summed E-state index contributed by atoms with van der Waals surface area (Å²) in [5, 5.41) is 4.25. The molecule has 2 heterocycles. The molecule has 3 rings (SSSR count). The monoisotopic (exact) mass is 293 g/mol. The fourth-order valence-electron chi connectivity index (χ4n) is 3.52. The van der Waals surface area contributed by atoms with Gasteiger partial charge in [0.15, 0.2) is 5.82 Å². The van der Waals surface area contributed by atoms with E-state index in [0.717, 1.165) is 51.1 Å². The maximum absolute atomic E-state index is 6.50. The molecule has 21 heavy (non-hydrogen) atoms. The third kappa shape index (κ3) is 3.12. The molecule has 0 bridgehead atoms. The van der Waals surface area contributed by atoms with Crippen LogP contribution in [-0.4, -0.2) is 53.7 Å². The Morgan fingerprint density at radius 3 is 2.67 bits per heavy atom. The van der Waals surface area contributed by atoms with Crippen molar-refractivity contribution in [1.29, 1.82) is 0 Å². The van der Waals surface area contributed by atoms with E-state index in [4.69, 9.17) is 10.3 Å².